The molecule has 0 aliphatic carbocycles. The van der Waals surface area contributed by atoms with Crippen LogP contribution < -0.4 is 15.0 Å². The lowest BCUT2D eigenvalue weighted by Crippen LogP contribution is -2.52. The zero-order valence-electron chi connectivity index (χ0n) is 16.8. The van der Waals surface area contributed by atoms with Crippen molar-refractivity contribution in [1.29, 1.82) is 0 Å². The van der Waals surface area contributed by atoms with Gasteiger partial charge in [0.2, 0.25) is 0 Å². The molecule has 0 bridgehead atoms. The number of anilines is 1. The highest BCUT2D eigenvalue weighted by Gasteiger charge is 2.19. The molecule has 150 valence electrons. The van der Waals surface area contributed by atoms with Gasteiger partial charge in [-0.25, -0.2) is 0 Å². The second kappa shape index (κ2) is 9.88. The average molecular weight is 383 g/mol. The molecule has 0 radical (unpaired) electrons. The summed E-state index contributed by atoms with van der Waals surface area (Å²) in [5, 5.41) is 13.5. The number of rotatable bonds is 6. The van der Waals surface area contributed by atoms with E-state index in [1.54, 1.807) is 13.2 Å². The number of para-hydroxylation sites is 1. The summed E-state index contributed by atoms with van der Waals surface area (Å²) in [4.78, 5) is 9.51. The lowest BCUT2D eigenvalue weighted by atomic mass is 10.1. The van der Waals surface area contributed by atoms with Crippen LogP contribution in [0.2, 0.25) is 0 Å². The van der Waals surface area contributed by atoms with Gasteiger partial charge in [0.1, 0.15) is 11.5 Å². The Hall–Kier alpha value is -2.89. The number of methoxy groups -OCH3 is 1. The van der Waals surface area contributed by atoms with Crippen LogP contribution in [0.25, 0.3) is 0 Å². The molecule has 2 aromatic carbocycles. The Bertz CT molecular complexity index is 771. The Kier molecular flexibility index (Phi) is 7.00. The molecule has 6 heteroatoms. The summed E-state index contributed by atoms with van der Waals surface area (Å²) in [5.74, 6) is 1.87. The minimum atomic E-state index is 0.260. The van der Waals surface area contributed by atoms with Crippen LogP contribution in [0, 0.1) is 0 Å². The summed E-state index contributed by atoms with van der Waals surface area (Å²) in [6.45, 7) is 7.39. The number of hydrogen-bond acceptors (Lipinski definition) is 4. The van der Waals surface area contributed by atoms with Gasteiger partial charge in [0.05, 0.1) is 7.11 Å². The molecule has 1 aliphatic heterocycles. The molecule has 0 amide bonds. The summed E-state index contributed by atoms with van der Waals surface area (Å²) in [7, 11) is 1.60. The van der Waals surface area contributed by atoms with E-state index in [1.807, 2.05) is 12.1 Å². The maximum Gasteiger partial charge on any atom is 0.194 e. The largest absolute Gasteiger partial charge is 0.508 e. The van der Waals surface area contributed by atoms with Gasteiger partial charge in [-0.05, 0) is 37.1 Å². The summed E-state index contributed by atoms with van der Waals surface area (Å²) >= 11 is 0. The monoisotopic (exact) mass is 382 g/mol. The van der Waals surface area contributed by atoms with Gasteiger partial charge in [-0.15, -0.1) is 0 Å². The third-order valence-corrected chi connectivity index (χ3v) is 4.97. The zero-order chi connectivity index (χ0) is 19.8. The number of piperazine rings is 1. The van der Waals surface area contributed by atoms with Crippen molar-refractivity contribution in [2.24, 2.45) is 4.99 Å². The molecule has 1 fully saturated rings. The van der Waals surface area contributed by atoms with Crippen LogP contribution in [0.1, 0.15) is 12.5 Å². The molecule has 0 spiro atoms. The quantitative estimate of drug-likeness (QED) is 0.594. The predicted octanol–water partition coefficient (Wildman–Crippen LogP) is 2.73. The van der Waals surface area contributed by atoms with E-state index in [-0.39, 0.29) is 5.75 Å². The van der Waals surface area contributed by atoms with Crippen LogP contribution in [-0.2, 0) is 6.42 Å². The van der Waals surface area contributed by atoms with Crippen molar-refractivity contribution in [2.45, 2.75) is 13.3 Å². The Labute approximate surface area is 167 Å². The molecule has 1 aliphatic rings. The number of aliphatic imine (C=N–C) groups is 1. The summed E-state index contributed by atoms with van der Waals surface area (Å²) in [6.07, 6.45) is 0.689. The van der Waals surface area contributed by atoms with Gasteiger partial charge in [-0.3, -0.25) is 4.99 Å². The molecule has 3 rings (SSSR count). The number of phenolic OH excluding ortho intramolecular Hbond substituents is 1. The summed E-state index contributed by atoms with van der Waals surface area (Å²) < 4.78 is 5.14. The molecule has 6 nitrogen and oxygen atoms in total. The minimum Gasteiger partial charge on any atom is -0.508 e. The smallest absolute Gasteiger partial charge is 0.194 e. The molecule has 0 saturated carbocycles. The van der Waals surface area contributed by atoms with Crippen molar-refractivity contribution in [3.63, 3.8) is 0 Å². The third-order valence-electron chi connectivity index (χ3n) is 4.97. The molecule has 1 heterocycles. The first kappa shape index (κ1) is 19.9. The number of benzene rings is 2. The average Bonchev–Trinajstić information content (AvgIpc) is 2.75. The van der Waals surface area contributed by atoms with Gasteiger partial charge < -0.3 is 25.0 Å². The predicted molar refractivity (Wildman–Crippen MR) is 115 cm³/mol. The Morgan fingerprint density at radius 3 is 2.50 bits per heavy atom. The first-order valence-electron chi connectivity index (χ1n) is 9.90. The summed E-state index contributed by atoms with van der Waals surface area (Å²) in [6, 6.07) is 16.0. The molecular formula is C22H30N4O2. The van der Waals surface area contributed by atoms with E-state index in [2.05, 4.69) is 52.4 Å². The van der Waals surface area contributed by atoms with Crippen molar-refractivity contribution in [1.82, 2.24) is 10.2 Å². The topological polar surface area (TPSA) is 60.3 Å². The van der Waals surface area contributed by atoms with Crippen LogP contribution in [0.4, 0.5) is 5.69 Å². The number of nitrogens with one attached hydrogen (secondary N) is 1. The van der Waals surface area contributed by atoms with Crippen molar-refractivity contribution in [3.8, 4) is 11.5 Å². The maximum absolute atomic E-state index is 10.1. The Balaban J connectivity index is 1.57. The lowest BCUT2D eigenvalue weighted by molar-refractivity contribution is 0.372. The number of ether oxygens (including phenoxy) is 1. The second-order valence-corrected chi connectivity index (χ2v) is 6.79. The number of aromatic hydroxyl groups is 1. The van der Waals surface area contributed by atoms with E-state index >= 15 is 0 Å². The highest BCUT2D eigenvalue weighted by Crippen LogP contribution is 2.23. The zero-order valence-corrected chi connectivity index (χ0v) is 16.8. The van der Waals surface area contributed by atoms with E-state index in [0.29, 0.717) is 18.7 Å². The maximum atomic E-state index is 10.1. The number of guanidine groups is 1. The number of nitrogens with zero attached hydrogens (tertiary/aromatic N) is 3. The van der Waals surface area contributed by atoms with Gasteiger partial charge >= 0.3 is 0 Å². The Morgan fingerprint density at radius 1 is 1.11 bits per heavy atom. The van der Waals surface area contributed by atoms with Gasteiger partial charge in [0.15, 0.2) is 5.96 Å². The third kappa shape index (κ3) is 5.09. The van der Waals surface area contributed by atoms with Crippen LogP contribution >= 0.6 is 0 Å². The fourth-order valence-corrected chi connectivity index (χ4v) is 3.41. The van der Waals surface area contributed by atoms with Crippen LogP contribution in [0.3, 0.4) is 0 Å². The van der Waals surface area contributed by atoms with Crippen LogP contribution in [0.5, 0.6) is 11.5 Å². The van der Waals surface area contributed by atoms with Gasteiger partial charge in [-0.2, -0.15) is 0 Å². The van der Waals surface area contributed by atoms with E-state index in [4.69, 9.17) is 9.73 Å². The van der Waals surface area contributed by atoms with Crippen LogP contribution in [-0.4, -0.2) is 62.3 Å². The van der Waals surface area contributed by atoms with E-state index in [1.165, 1.54) is 5.69 Å². The van der Waals surface area contributed by atoms with Crippen LogP contribution in [0.15, 0.2) is 53.5 Å². The highest BCUT2D eigenvalue weighted by molar-refractivity contribution is 5.80. The van der Waals surface area contributed by atoms with Crippen molar-refractivity contribution in [2.75, 3.05) is 51.3 Å². The normalized spacial score (nSPS) is 14.9. The molecule has 0 atom stereocenters. The van der Waals surface area contributed by atoms with E-state index in [9.17, 15) is 5.11 Å². The molecule has 1 saturated heterocycles. The molecular weight excluding hydrogens is 352 g/mol. The standard InChI is InChI=1S/C22H30N4O2/c1-3-23-22(24-12-11-18-9-10-20(28-2)17-21(18)27)26-15-13-25(14-16-26)19-7-5-4-6-8-19/h4-10,17,27H,3,11-16H2,1-2H3,(H,23,24). The lowest BCUT2D eigenvalue weighted by Gasteiger charge is -2.37. The van der Waals surface area contributed by atoms with E-state index < -0.39 is 0 Å². The number of phenols is 1. The van der Waals surface area contributed by atoms with Gasteiger partial charge in [0, 0.05) is 51.0 Å². The fourth-order valence-electron chi connectivity index (χ4n) is 3.41. The van der Waals surface area contributed by atoms with Crippen molar-refractivity contribution < 1.29 is 9.84 Å². The molecule has 28 heavy (non-hydrogen) atoms. The molecule has 2 aromatic rings. The number of hydrogen-bond donors (Lipinski definition) is 2. The Morgan fingerprint density at radius 2 is 1.86 bits per heavy atom. The minimum absolute atomic E-state index is 0.260. The second-order valence-electron chi connectivity index (χ2n) is 6.79. The van der Waals surface area contributed by atoms with Crippen molar-refractivity contribution in [3.05, 3.63) is 54.1 Å². The first-order chi connectivity index (χ1) is 13.7. The summed E-state index contributed by atoms with van der Waals surface area (Å²) in [5.41, 5.74) is 2.16. The first-order valence-corrected chi connectivity index (χ1v) is 9.90. The fraction of sp³-hybridized carbons (Fsp3) is 0.409. The molecule has 2 N–H and O–H groups in total. The molecule has 0 unspecified atom stereocenters. The van der Waals surface area contributed by atoms with Gasteiger partial charge in [0.25, 0.3) is 0 Å². The highest BCUT2D eigenvalue weighted by atomic mass is 16.5. The SMILES string of the molecule is CCNC(=NCCc1ccc(OC)cc1O)N1CCN(c2ccccc2)CC1. The van der Waals surface area contributed by atoms with E-state index in [0.717, 1.165) is 44.2 Å². The van der Waals surface area contributed by atoms with Gasteiger partial charge in [-0.1, -0.05) is 24.3 Å². The molecule has 0 aromatic heterocycles. The van der Waals surface area contributed by atoms with Crippen molar-refractivity contribution >= 4 is 11.6 Å².